The second-order valence-corrected chi connectivity index (χ2v) is 4.80. The van der Waals surface area contributed by atoms with Crippen molar-refractivity contribution in [1.82, 2.24) is 0 Å². The van der Waals surface area contributed by atoms with Crippen molar-refractivity contribution in [2.45, 2.75) is 12.8 Å². The van der Waals surface area contributed by atoms with Crippen molar-refractivity contribution in [3.63, 3.8) is 0 Å². The van der Waals surface area contributed by atoms with Gasteiger partial charge in [0, 0.05) is 12.8 Å². The lowest BCUT2D eigenvalue weighted by atomic mass is 10.1. The van der Waals surface area contributed by atoms with Crippen molar-refractivity contribution >= 4 is 5.69 Å². The Balaban J connectivity index is 1.63. The van der Waals surface area contributed by atoms with Crippen LogP contribution in [0.25, 0.3) is 0 Å². The van der Waals surface area contributed by atoms with Crippen molar-refractivity contribution in [2.24, 2.45) is 0 Å². The molecular weight excluding hydrogens is 257 g/mol. The maximum absolute atomic E-state index is 13.5. The molecule has 1 aliphatic heterocycles. The van der Waals surface area contributed by atoms with Gasteiger partial charge in [0.05, 0.1) is 18.9 Å². The van der Waals surface area contributed by atoms with E-state index in [1.54, 1.807) is 12.1 Å². The van der Waals surface area contributed by atoms with Gasteiger partial charge in [-0.05, 0) is 29.3 Å². The maximum Gasteiger partial charge on any atom is 0.177 e. The van der Waals surface area contributed by atoms with Crippen LogP contribution in [-0.4, -0.2) is 13.2 Å². The van der Waals surface area contributed by atoms with E-state index in [4.69, 9.17) is 15.2 Å². The molecule has 0 spiro atoms. The van der Waals surface area contributed by atoms with Crippen LogP contribution in [0.4, 0.5) is 10.1 Å². The van der Waals surface area contributed by atoms with E-state index < -0.39 is 5.82 Å². The number of fused-ring (bicyclic) bond motifs is 1. The predicted octanol–water partition coefficient (Wildman–Crippen LogP) is 2.96. The molecular formula is C16H16FNO2. The highest BCUT2D eigenvalue weighted by Gasteiger charge is 2.12. The van der Waals surface area contributed by atoms with Crippen LogP contribution in [0.5, 0.6) is 11.5 Å². The summed E-state index contributed by atoms with van der Waals surface area (Å²) in [4.78, 5) is 0. The molecule has 1 heterocycles. The van der Waals surface area contributed by atoms with Gasteiger partial charge in [-0.25, -0.2) is 4.39 Å². The Kier molecular flexibility index (Phi) is 3.46. The molecule has 0 bridgehead atoms. The molecule has 3 nitrogen and oxygen atoms in total. The zero-order valence-corrected chi connectivity index (χ0v) is 11.1. The summed E-state index contributed by atoms with van der Waals surface area (Å²) >= 11 is 0. The molecule has 0 fully saturated rings. The molecule has 2 N–H and O–H groups in total. The SMILES string of the molecule is Nc1cccc(F)c1OCCc1ccc2c(c1)CCO2. The van der Waals surface area contributed by atoms with Crippen molar-refractivity contribution in [3.8, 4) is 11.5 Å². The Hall–Kier alpha value is -2.23. The first-order valence-electron chi connectivity index (χ1n) is 6.65. The van der Waals surface area contributed by atoms with E-state index in [1.165, 1.54) is 11.6 Å². The summed E-state index contributed by atoms with van der Waals surface area (Å²) < 4.78 is 24.5. The highest BCUT2D eigenvalue weighted by Crippen LogP contribution is 2.27. The smallest absolute Gasteiger partial charge is 0.177 e. The quantitative estimate of drug-likeness (QED) is 0.871. The molecule has 4 heteroatoms. The third-order valence-electron chi connectivity index (χ3n) is 3.39. The van der Waals surface area contributed by atoms with Crippen molar-refractivity contribution in [2.75, 3.05) is 18.9 Å². The lowest BCUT2D eigenvalue weighted by Gasteiger charge is -2.10. The van der Waals surface area contributed by atoms with E-state index in [2.05, 4.69) is 6.07 Å². The minimum Gasteiger partial charge on any atom is -0.493 e. The number of ether oxygens (including phenoxy) is 2. The zero-order chi connectivity index (χ0) is 13.9. The Morgan fingerprint density at radius 3 is 3.00 bits per heavy atom. The number of rotatable bonds is 4. The average Bonchev–Trinajstić information content (AvgIpc) is 2.89. The molecule has 0 aliphatic carbocycles. The number of halogens is 1. The topological polar surface area (TPSA) is 44.5 Å². The highest BCUT2D eigenvalue weighted by molar-refractivity contribution is 5.52. The summed E-state index contributed by atoms with van der Waals surface area (Å²) in [5, 5.41) is 0. The van der Waals surface area contributed by atoms with Crippen LogP contribution in [0, 0.1) is 5.82 Å². The number of hydrogen-bond donors (Lipinski definition) is 1. The van der Waals surface area contributed by atoms with Crippen LogP contribution in [-0.2, 0) is 12.8 Å². The van der Waals surface area contributed by atoms with Gasteiger partial charge in [-0.1, -0.05) is 18.2 Å². The number of benzene rings is 2. The standard InChI is InChI=1S/C16H16FNO2/c17-13-2-1-3-14(18)16(13)20-8-6-11-4-5-15-12(10-11)7-9-19-15/h1-5,10H,6-9,18H2. The summed E-state index contributed by atoms with van der Waals surface area (Å²) in [6.07, 6.45) is 1.66. The second-order valence-electron chi connectivity index (χ2n) is 4.80. The molecule has 2 aromatic rings. The second kappa shape index (κ2) is 5.41. The molecule has 0 saturated carbocycles. The number of nitrogen functional groups attached to an aromatic ring is 1. The largest absolute Gasteiger partial charge is 0.493 e. The van der Waals surface area contributed by atoms with Crippen LogP contribution < -0.4 is 15.2 Å². The van der Waals surface area contributed by atoms with Crippen molar-refractivity contribution < 1.29 is 13.9 Å². The minimum absolute atomic E-state index is 0.136. The van der Waals surface area contributed by atoms with Crippen LogP contribution in [0.2, 0.25) is 0 Å². The van der Waals surface area contributed by atoms with E-state index in [9.17, 15) is 4.39 Å². The molecule has 0 amide bonds. The summed E-state index contributed by atoms with van der Waals surface area (Å²) in [5.41, 5.74) is 8.41. The Labute approximate surface area is 117 Å². The summed E-state index contributed by atoms with van der Waals surface area (Å²) in [6.45, 7) is 1.14. The molecule has 0 radical (unpaired) electrons. The third-order valence-corrected chi connectivity index (χ3v) is 3.39. The lowest BCUT2D eigenvalue weighted by Crippen LogP contribution is -2.05. The van der Waals surface area contributed by atoms with Crippen molar-refractivity contribution in [3.05, 3.63) is 53.3 Å². The predicted molar refractivity (Wildman–Crippen MR) is 75.7 cm³/mol. The number of nitrogens with two attached hydrogens (primary N) is 1. The van der Waals surface area contributed by atoms with Gasteiger partial charge in [0.1, 0.15) is 5.75 Å². The molecule has 20 heavy (non-hydrogen) atoms. The lowest BCUT2D eigenvalue weighted by molar-refractivity contribution is 0.307. The summed E-state index contributed by atoms with van der Waals surface area (Å²) in [6, 6.07) is 10.7. The normalized spacial score (nSPS) is 12.8. The Morgan fingerprint density at radius 1 is 1.25 bits per heavy atom. The fraction of sp³-hybridized carbons (Fsp3) is 0.250. The monoisotopic (exact) mass is 273 g/mol. The van der Waals surface area contributed by atoms with Gasteiger partial charge in [0.15, 0.2) is 11.6 Å². The number of para-hydroxylation sites is 1. The van der Waals surface area contributed by atoms with Crippen LogP contribution in [0.3, 0.4) is 0 Å². The van der Waals surface area contributed by atoms with Crippen LogP contribution in [0.1, 0.15) is 11.1 Å². The fourth-order valence-corrected chi connectivity index (χ4v) is 2.34. The Bertz CT molecular complexity index is 608. The van der Waals surface area contributed by atoms with Crippen LogP contribution in [0.15, 0.2) is 36.4 Å². The minimum atomic E-state index is -0.424. The third kappa shape index (κ3) is 2.54. The van der Waals surface area contributed by atoms with Gasteiger partial charge in [-0.3, -0.25) is 0 Å². The van der Waals surface area contributed by atoms with Gasteiger partial charge >= 0.3 is 0 Å². The zero-order valence-electron chi connectivity index (χ0n) is 11.1. The molecule has 0 atom stereocenters. The molecule has 0 aromatic heterocycles. The van der Waals surface area contributed by atoms with Gasteiger partial charge in [-0.15, -0.1) is 0 Å². The van der Waals surface area contributed by atoms with Gasteiger partial charge in [0.25, 0.3) is 0 Å². The maximum atomic E-state index is 13.5. The number of anilines is 1. The molecule has 0 saturated heterocycles. The molecule has 0 unspecified atom stereocenters. The molecule has 2 aromatic carbocycles. The van der Waals surface area contributed by atoms with Crippen molar-refractivity contribution in [1.29, 1.82) is 0 Å². The van der Waals surface area contributed by atoms with E-state index in [1.807, 2.05) is 12.1 Å². The molecule has 3 rings (SSSR count). The van der Waals surface area contributed by atoms with Gasteiger partial charge in [-0.2, -0.15) is 0 Å². The number of hydrogen-bond acceptors (Lipinski definition) is 3. The average molecular weight is 273 g/mol. The Morgan fingerprint density at radius 2 is 2.15 bits per heavy atom. The summed E-state index contributed by atoms with van der Waals surface area (Å²) in [7, 11) is 0. The fourth-order valence-electron chi connectivity index (χ4n) is 2.34. The van der Waals surface area contributed by atoms with E-state index in [0.717, 1.165) is 24.3 Å². The van der Waals surface area contributed by atoms with E-state index in [-0.39, 0.29) is 5.75 Å². The molecule has 1 aliphatic rings. The molecule has 104 valence electrons. The first-order valence-corrected chi connectivity index (χ1v) is 6.65. The van der Waals surface area contributed by atoms with E-state index in [0.29, 0.717) is 18.7 Å². The van der Waals surface area contributed by atoms with E-state index >= 15 is 0 Å². The van der Waals surface area contributed by atoms with Gasteiger partial charge < -0.3 is 15.2 Å². The van der Waals surface area contributed by atoms with Crippen LogP contribution >= 0.6 is 0 Å². The first kappa shape index (κ1) is 12.8. The van der Waals surface area contributed by atoms with Gasteiger partial charge in [0.2, 0.25) is 0 Å². The summed E-state index contributed by atoms with van der Waals surface area (Å²) in [5.74, 6) is 0.678. The first-order chi connectivity index (χ1) is 9.74. The highest BCUT2D eigenvalue weighted by atomic mass is 19.1.